The number of aromatic amines is 2. The van der Waals surface area contributed by atoms with Gasteiger partial charge in [-0.05, 0) is 31.1 Å². The molecule has 12 heteroatoms. The van der Waals surface area contributed by atoms with Crippen LogP contribution in [0.3, 0.4) is 0 Å². The topological polar surface area (TPSA) is 150 Å². The number of carbonyl (C=O) groups is 1. The van der Waals surface area contributed by atoms with Crippen LogP contribution < -0.4 is 21.7 Å². The summed E-state index contributed by atoms with van der Waals surface area (Å²) in [5.41, 5.74) is 1.55. The number of fused-ring (bicyclic) bond motifs is 1. The number of carbonyl (C=O) groups excluding carboxylic acids is 1. The van der Waals surface area contributed by atoms with Crippen LogP contribution in [0, 0.1) is 0 Å². The molecular formula is C21H21N7O4S. The summed E-state index contributed by atoms with van der Waals surface area (Å²) in [6, 6.07) is 5.73. The third-order valence-electron chi connectivity index (χ3n) is 5.05. The minimum absolute atomic E-state index is 0.169. The molecule has 4 aromatic rings. The average molecular weight is 468 g/mol. The Kier molecular flexibility index (Phi) is 5.52. The summed E-state index contributed by atoms with van der Waals surface area (Å²) >= 11 is 1.33. The molecule has 0 radical (unpaired) electrons. The van der Waals surface area contributed by atoms with Gasteiger partial charge in [0, 0.05) is 24.9 Å². The van der Waals surface area contributed by atoms with E-state index in [1.807, 2.05) is 12.1 Å². The van der Waals surface area contributed by atoms with Crippen molar-refractivity contribution >= 4 is 29.0 Å². The van der Waals surface area contributed by atoms with E-state index in [0.717, 1.165) is 17.7 Å². The van der Waals surface area contributed by atoms with Crippen LogP contribution in [0.2, 0.25) is 0 Å². The highest BCUT2D eigenvalue weighted by Gasteiger charge is 2.21. The molecule has 0 aromatic carbocycles. The van der Waals surface area contributed by atoms with Crippen LogP contribution in [-0.2, 0) is 4.74 Å². The second kappa shape index (κ2) is 8.64. The van der Waals surface area contributed by atoms with E-state index in [2.05, 4.69) is 20.4 Å². The molecule has 1 amide bonds. The fourth-order valence-corrected chi connectivity index (χ4v) is 4.16. The van der Waals surface area contributed by atoms with Gasteiger partial charge in [0.25, 0.3) is 5.91 Å². The van der Waals surface area contributed by atoms with Crippen molar-refractivity contribution in [1.29, 1.82) is 0 Å². The molecule has 4 aromatic heterocycles. The molecule has 0 atom stereocenters. The number of amides is 1. The Labute approximate surface area is 190 Å². The molecule has 33 heavy (non-hydrogen) atoms. The van der Waals surface area contributed by atoms with E-state index in [0.29, 0.717) is 40.1 Å². The van der Waals surface area contributed by atoms with Crippen molar-refractivity contribution in [1.82, 2.24) is 29.9 Å². The van der Waals surface area contributed by atoms with Gasteiger partial charge in [0.05, 0.1) is 34.3 Å². The zero-order valence-electron chi connectivity index (χ0n) is 17.7. The Morgan fingerprint density at radius 2 is 2.27 bits per heavy atom. The molecule has 1 fully saturated rings. The van der Waals surface area contributed by atoms with E-state index in [1.165, 1.54) is 11.3 Å². The normalized spacial score (nSPS) is 14.9. The zero-order chi connectivity index (χ0) is 22.9. The Morgan fingerprint density at radius 3 is 3.00 bits per heavy atom. The van der Waals surface area contributed by atoms with Crippen LogP contribution in [0.25, 0.3) is 22.3 Å². The fourth-order valence-electron chi connectivity index (χ4n) is 3.27. The smallest absolute Gasteiger partial charge is 0.326 e. The molecular weight excluding hydrogens is 446 g/mol. The zero-order valence-corrected chi connectivity index (χ0v) is 18.5. The van der Waals surface area contributed by atoms with Gasteiger partial charge in [-0.2, -0.15) is 9.61 Å². The summed E-state index contributed by atoms with van der Waals surface area (Å²) < 4.78 is 6.61. The predicted molar refractivity (Wildman–Crippen MR) is 121 cm³/mol. The maximum atomic E-state index is 12.4. The van der Waals surface area contributed by atoms with Gasteiger partial charge in [0.15, 0.2) is 11.1 Å². The van der Waals surface area contributed by atoms with Crippen LogP contribution in [-0.4, -0.2) is 61.9 Å². The molecule has 11 nitrogen and oxygen atoms in total. The molecule has 0 aliphatic heterocycles. The lowest BCUT2D eigenvalue weighted by Gasteiger charge is -2.02. The Morgan fingerprint density at radius 1 is 1.42 bits per heavy atom. The van der Waals surface area contributed by atoms with E-state index in [4.69, 9.17) is 14.7 Å². The van der Waals surface area contributed by atoms with Gasteiger partial charge >= 0.3 is 5.69 Å². The summed E-state index contributed by atoms with van der Waals surface area (Å²) in [6.45, 7) is 0.872. The number of hydrogen-bond donors (Lipinski definition) is 4. The van der Waals surface area contributed by atoms with Crippen LogP contribution in [0.5, 0.6) is 5.88 Å². The maximum absolute atomic E-state index is 12.4. The number of imidazole rings is 1. The van der Waals surface area contributed by atoms with Crippen LogP contribution in [0.15, 0.2) is 34.2 Å². The molecule has 4 N–H and O–H groups in total. The number of nitrogens with one attached hydrogen (secondary N) is 3. The van der Waals surface area contributed by atoms with Crippen molar-refractivity contribution in [3.05, 3.63) is 56.2 Å². The highest BCUT2D eigenvalue weighted by molar-refractivity contribution is 7.17. The van der Waals surface area contributed by atoms with E-state index in [-0.39, 0.29) is 23.5 Å². The first kappa shape index (κ1) is 21.1. The second-order valence-corrected chi connectivity index (χ2v) is 8.68. The first-order valence-corrected chi connectivity index (χ1v) is 11.2. The lowest BCUT2D eigenvalue weighted by atomic mass is 10.3. The summed E-state index contributed by atoms with van der Waals surface area (Å²) in [5, 5.41) is 17.7. The Hall–Kier alpha value is -3.77. The largest absolute Gasteiger partial charge is 0.493 e. The van der Waals surface area contributed by atoms with Crippen molar-refractivity contribution in [2.45, 2.75) is 18.9 Å². The van der Waals surface area contributed by atoms with Gasteiger partial charge in [0.2, 0.25) is 5.88 Å². The van der Waals surface area contributed by atoms with Gasteiger partial charge in [-0.3, -0.25) is 14.8 Å². The number of hydrogen-bond acceptors (Lipinski definition) is 8. The minimum Gasteiger partial charge on any atom is -0.493 e. The Balaban J connectivity index is 1.59. The number of rotatable bonds is 7. The molecule has 0 saturated heterocycles. The van der Waals surface area contributed by atoms with Crippen molar-refractivity contribution in [3.8, 4) is 16.5 Å². The molecule has 4 heterocycles. The summed E-state index contributed by atoms with van der Waals surface area (Å²) in [5.74, 6) is -0.432. The van der Waals surface area contributed by atoms with Crippen molar-refractivity contribution in [2.75, 3.05) is 20.3 Å². The third kappa shape index (κ3) is 4.43. The monoisotopic (exact) mass is 467 g/mol. The van der Waals surface area contributed by atoms with E-state index >= 15 is 0 Å². The summed E-state index contributed by atoms with van der Waals surface area (Å²) in [4.78, 5) is 39.6. The number of nitrogens with zero attached hydrogens (tertiary/aromatic N) is 4. The third-order valence-corrected chi connectivity index (χ3v) is 6.16. The number of aromatic hydroxyl groups is 1. The molecule has 0 spiro atoms. The molecule has 1 aliphatic carbocycles. The summed E-state index contributed by atoms with van der Waals surface area (Å²) in [7, 11) is 1.58. The highest BCUT2D eigenvalue weighted by atomic mass is 32.1. The van der Waals surface area contributed by atoms with Gasteiger partial charge in [0.1, 0.15) is 5.69 Å². The quantitative estimate of drug-likeness (QED) is 0.285. The fraction of sp³-hybridized carbons (Fsp3) is 0.286. The molecule has 0 bridgehead atoms. The van der Waals surface area contributed by atoms with Gasteiger partial charge in [-0.15, -0.1) is 11.3 Å². The number of thiophene rings is 1. The van der Waals surface area contributed by atoms with E-state index < -0.39 is 5.69 Å². The molecule has 5 rings (SSSR count). The van der Waals surface area contributed by atoms with Gasteiger partial charge in [-0.25, -0.2) is 9.78 Å². The lowest BCUT2D eigenvalue weighted by Crippen LogP contribution is -2.26. The average Bonchev–Trinajstić information content (AvgIpc) is 3.18. The Bertz CT molecular complexity index is 1510. The lowest BCUT2D eigenvalue weighted by molar-refractivity contribution is 0.0941. The SMILES string of the molecule is COCCNC(=O)c1ccc(-c2cc(=NC3CC3)n3nc/c(=C\c4[nH]c(=O)[nH]c4O)c3n2)s1. The van der Waals surface area contributed by atoms with Crippen molar-refractivity contribution in [2.24, 2.45) is 4.99 Å². The molecule has 170 valence electrons. The number of methoxy groups -OCH3 is 1. The first-order chi connectivity index (χ1) is 16.0. The van der Waals surface area contributed by atoms with Crippen LogP contribution in [0.4, 0.5) is 0 Å². The molecule has 1 aliphatic rings. The maximum Gasteiger partial charge on any atom is 0.326 e. The van der Waals surface area contributed by atoms with E-state index in [1.54, 1.807) is 30.0 Å². The van der Waals surface area contributed by atoms with Crippen molar-refractivity contribution in [3.63, 3.8) is 0 Å². The highest BCUT2D eigenvalue weighted by Crippen LogP contribution is 2.27. The van der Waals surface area contributed by atoms with Crippen LogP contribution in [0.1, 0.15) is 28.2 Å². The van der Waals surface area contributed by atoms with E-state index in [9.17, 15) is 14.7 Å². The number of ether oxygens (including phenoxy) is 1. The van der Waals surface area contributed by atoms with Crippen molar-refractivity contribution < 1.29 is 14.6 Å². The first-order valence-electron chi connectivity index (χ1n) is 10.3. The second-order valence-electron chi connectivity index (χ2n) is 7.59. The van der Waals surface area contributed by atoms with Crippen LogP contribution >= 0.6 is 11.3 Å². The van der Waals surface area contributed by atoms with Gasteiger partial charge < -0.3 is 20.1 Å². The standard InChI is InChI=1S/C21H21N7O4S/c1-32-7-6-22-20(30)16-5-4-15(33-16)13-9-17(24-12-2-3-12)28-18(25-13)11(10-23-28)8-14-19(29)27-21(31)26-14/h4-5,8-10,12,29H,2-3,6-7H2,1H3,(H,22,30)(H2,26,27,31)/b11-8+,24-17?. The molecule has 1 saturated carbocycles. The minimum atomic E-state index is -0.511. The summed E-state index contributed by atoms with van der Waals surface area (Å²) in [6.07, 6.45) is 5.26. The predicted octanol–water partition coefficient (Wildman–Crippen LogP) is 0.167. The number of aromatic nitrogens is 5. The van der Waals surface area contributed by atoms with Gasteiger partial charge in [-0.1, -0.05) is 0 Å². The molecule has 0 unspecified atom stereocenters. The number of H-pyrrole nitrogens is 2.